The van der Waals surface area contributed by atoms with Gasteiger partial charge in [0.2, 0.25) is 11.8 Å². The van der Waals surface area contributed by atoms with Crippen molar-refractivity contribution in [3.63, 3.8) is 0 Å². The molecule has 96 valence electrons. The summed E-state index contributed by atoms with van der Waals surface area (Å²) in [5.41, 5.74) is 4.89. The minimum atomic E-state index is -1.21. The maximum absolute atomic E-state index is 11.2. The topological polar surface area (TPSA) is 142 Å². The number of nitrogens with two attached hydrogens (primary N) is 1. The second kappa shape index (κ2) is 7.17. The van der Waals surface area contributed by atoms with Gasteiger partial charge in [-0.05, 0) is 0 Å². The quantitative estimate of drug-likeness (QED) is 0.402. The van der Waals surface area contributed by atoms with Crippen molar-refractivity contribution >= 4 is 23.8 Å². The van der Waals surface area contributed by atoms with Gasteiger partial charge in [-0.2, -0.15) is 0 Å². The normalized spacial score (nSPS) is 9.76. The summed E-state index contributed by atoms with van der Waals surface area (Å²) in [6, 6.07) is -0.718. The summed E-state index contributed by atoms with van der Waals surface area (Å²) in [4.78, 5) is 44.1. The lowest BCUT2D eigenvalue weighted by Gasteiger charge is -2.17. The molecule has 0 heterocycles. The number of primary amides is 1. The lowest BCUT2D eigenvalue weighted by atomic mass is 10.4. The predicted molar refractivity (Wildman–Crippen MR) is 55.9 cm³/mol. The van der Waals surface area contributed by atoms with Crippen molar-refractivity contribution in [3.05, 3.63) is 0 Å². The number of carbonyl (C=O) groups is 4. The van der Waals surface area contributed by atoms with Crippen LogP contribution < -0.4 is 16.4 Å². The van der Waals surface area contributed by atoms with Gasteiger partial charge in [-0.25, -0.2) is 4.79 Å². The molecule has 4 amide bonds. The predicted octanol–water partition coefficient (Wildman–Crippen LogP) is -2.69. The third-order valence-electron chi connectivity index (χ3n) is 1.59. The van der Waals surface area contributed by atoms with E-state index in [9.17, 15) is 19.2 Å². The van der Waals surface area contributed by atoms with Crippen molar-refractivity contribution in [1.82, 2.24) is 15.5 Å². The Hall–Kier alpha value is -2.16. The highest BCUT2D eigenvalue weighted by Gasteiger charge is 2.17. The van der Waals surface area contributed by atoms with Gasteiger partial charge in [-0.3, -0.25) is 24.6 Å². The maximum atomic E-state index is 11.2. The molecule has 5 N–H and O–H groups in total. The van der Waals surface area contributed by atoms with Crippen LogP contribution in [0, 0.1) is 0 Å². The SMILES string of the molecule is CNC(=O)NC(=O)CN(CC(N)=O)CC(=O)O. The number of nitrogens with one attached hydrogen (secondary N) is 2. The molecular weight excluding hydrogens is 232 g/mol. The molecule has 0 radical (unpaired) electrons. The molecule has 0 aromatic carbocycles. The number of imide groups is 1. The van der Waals surface area contributed by atoms with E-state index in [1.54, 1.807) is 0 Å². The number of carboxylic acids is 1. The summed E-state index contributed by atoms with van der Waals surface area (Å²) in [5.74, 6) is -2.70. The summed E-state index contributed by atoms with van der Waals surface area (Å²) in [5, 5.41) is 12.6. The summed E-state index contributed by atoms with van der Waals surface area (Å²) in [6.07, 6.45) is 0. The van der Waals surface area contributed by atoms with E-state index in [0.29, 0.717) is 0 Å². The van der Waals surface area contributed by atoms with Crippen molar-refractivity contribution in [2.24, 2.45) is 5.73 Å². The number of hydrogen-bond donors (Lipinski definition) is 4. The molecule has 0 saturated heterocycles. The average Bonchev–Trinajstić information content (AvgIpc) is 2.14. The molecule has 0 bridgehead atoms. The molecule has 0 aromatic heterocycles. The van der Waals surface area contributed by atoms with Crippen molar-refractivity contribution in [2.45, 2.75) is 0 Å². The van der Waals surface area contributed by atoms with Crippen LogP contribution in [0.2, 0.25) is 0 Å². The van der Waals surface area contributed by atoms with Crippen molar-refractivity contribution in [1.29, 1.82) is 0 Å². The van der Waals surface area contributed by atoms with Crippen LogP contribution in [0.1, 0.15) is 0 Å². The number of amides is 4. The van der Waals surface area contributed by atoms with E-state index in [1.165, 1.54) is 7.05 Å². The van der Waals surface area contributed by atoms with Crippen LogP contribution in [0.25, 0.3) is 0 Å². The fraction of sp³-hybridized carbons (Fsp3) is 0.500. The Morgan fingerprint density at radius 3 is 2.18 bits per heavy atom. The Morgan fingerprint density at radius 2 is 1.76 bits per heavy atom. The Balaban J connectivity index is 4.31. The van der Waals surface area contributed by atoms with Crippen molar-refractivity contribution in [3.8, 4) is 0 Å². The van der Waals surface area contributed by atoms with Gasteiger partial charge in [-0.1, -0.05) is 0 Å². The van der Waals surface area contributed by atoms with Gasteiger partial charge >= 0.3 is 12.0 Å². The van der Waals surface area contributed by atoms with E-state index in [0.717, 1.165) is 4.90 Å². The van der Waals surface area contributed by atoms with E-state index in [4.69, 9.17) is 10.8 Å². The Kier molecular flexibility index (Phi) is 6.26. The van der Waals surface area contributed by atoms with E-state index in [1.807, 2.05) is 5.32 Å². The van der Waals surface area contributed by atoms with Crippen LogP contribution in [-0.4, -0.2) is 60.5 Å². The zero-order chi connectivity index (χ0) is 13.4. The number of carboxylic acid groups (broad SMARTS) is 1. The van der Waals surface area contributed by atoms with Crippen LogP contribution in [0.4, 0.5) is 4.79 Å². The Labute approximate surface area is 96.9 Å². The van der Waals surface area contributed by atoms with Crippen LogP contribution >= 0.6 is 0 Å². The first-order chi connectivity index (χ1) is 7.85. The van der Waals surface area contributed by atoms with Crippen LogP contribution in [0.5, 0.6) is 0 Å². The van der Waals surface area contributed by atoms with Crippen LogP contribution in [-0.2, 0) is 14.4 Å². The summed E-state index contributed by atoms with van der Waals surface area (Å²) in [6.45, 7) is -1.32. The second-order valence-electron chi connectivity index (χ2n) is 3.13. The fourth-order valence-electron chi connectivity index (χ4n) is 1.01. The molecule has 9 heteroatoms. The molecule has 0 aromatic rings. The highest BCUT2D eigenvalue weighted by atomic mass is 16.4. The van der Waals surface area contributed by atoms with Crippen LogP contribution in [0.3, 0.4) is 0 Å². The van der Waals surface area contributed by atoms with Gasteiger partial charge in [0.1, 0.15) is 0 Å². The highest BCUT2D eigenvalue weighted by Crippen LogP contribution is 1.87. The Morgan fingerprint density at radius 1 is 1.18 bits per heavy atom. The molecule has 0 rings (SSSR count). The maximum Gasteiger partial charge on any atom is 0.321 e. The van der Waals surface area contributed by atoms with Crippen molar-refractivity contribution < 1.29 is 24.3 Å². The molecule has 0 saturated carbocycles. The lowest BCUT2D eigenvalue weighted by molar-refractivity contribution is -0.139. The first-order valence-corrected chi connectivity index (χ1v) is 4.59. The number of urea groups is 1. The minimum Gasteiger partial charge on any atom is -0.480 e. The molecule has 0 spiro atoms. The van der Waals surface area contributed by atoms with Gasteiger partial charge in [0.05, 0.1) is 19.6 Å². The summed E-state index contributed by atoms with van der Waals surface area (Å²) in [7, 11) is 1.32. The monoisotopic (exact) mass is 246 g/mol. The van der Waals surface area contributed by atoms with Crippen LogP contribution in [0.15, 0.2) is 0 Å². The molecule has 17 heavy (non-hydrogen) atoms. The molecule has 0 aliphatic carbocycles. The van der Waals surface area contributed by atoms with Gasteiger partial charge < -0.3 is 16.2 Å². The van der Waals surface area contributed by atoms with Gasteiger partial charge in [0, 0.05) is 7.05 Å². The highest BCUT2D eigenvalue weighted by molar-refractivity contribution is 5.95. The first kappa shape index (κ1) is 14.8. The molecule has 0 atom stereocenters. The molecule has 0 aliphatic heterocycles. The Bertz CT molecular complexity index is 314. The number of rotatable bonds is 6. The summed E-state index contributed by atoms with van der Waals surface area (Å²) < 4.78 is 0. The number of aliphatic carboxylic acids is 1. The lowest BCUT2D eigenvalue weighted by Crippen LogP contribution is -2.46. The first-order valence-electron chi connectivity index (χ1n) is 4.59. The third-order valence-corrected chi connectivity index (χ3v) is 1.59. The molecule has 0 fully saturated rings. The number of nitrogens with zero attached hydrogens (tertiary/aromatic N) is 1. The zero-order valence-electron chi connectivity index (χ0n) is 9.23. The second-order valence-corrected chi connectivity index (χ2v) is 3.13. The molecule has 0 unspecified atom stereocenters. The molecular formula is C8H14N4O5. The third kappa shape index (κ3) is 7.73. The van der Waals surface area contributed by atoms with E-state index < -0.39 is 36.9 Å². The van der Waals surface area contributed by atoms with Gasteiger partial charge in [0.15, 0.2) is 0 Å². The fourth-order valence-corrected chi connectivity index (χ4v) is 1.01. The molecule has 0 aliphatic rings. The van der Waals surface area contributed by atoms with E-state index in [2.05, 4.69) is 5.32 Å². The summed E-state index contributed by atoms with van der Waals surface area (Å²) >= 11 is 0. The molecule has 9 nitrogen and oxygen atoms in total. The minimum absolute atomic E-state index is 0.381. The largest absolute Gasteiger partial charge is 0.480 e. The number of hydrogen-bond acceptors (Lipinski definition) is 5. The average molecular weight is 246 g/mol. The zero-order valence-corrected chi connectivity index (χ0v) is 9.23. The van der Waals surface area contributed by atoms with Gasteiger partial charge in [0.25, 0.3) is 0 Å². The standard InChI is InChI=1S/C8H14N4O5/c1-10-8(17)11-6(14)3-12(2-5(9)13)4-7(15)16/h2-4H2,1H3,(H2,9,13)(H,15,16)(H2,10,11,14,17). The number of carbonyl (C=O) groups excluding carboxylic acids is 3. The van der Waals surface area contributed by atoms with Crippen molar-refractivity contribution in [2.75, 3.05) is 26.7 Å². The van der Waals surface area contributed by atoms with E-state index >= 15 is 0 Å². The van der Waals surface area contributed by atoms with Gasteiger partial charge in [-0.15, -0.1) is 0 Å². The smallest absolute Gasteiger partial charge is 0.321 e. The van der Waals surface area contributed by atoms with E-state index in [-0.39, 0.29) is 6.54 Å².